The molecule has 2 heteroatoms. The molecule has 13 heavy (non-hydrogen) atoms. The molecular weight excluding hydrogens is 164 g/mol. The number of rotatable bonds is 4. The number of carbonyl (C=O) groups excluding carboxylic acids is 1. The lowest BCUT2D eigenvalue weighted by Gasteiger charge is -2.19. The molecule has 0 heterocycles. The number of ether oxygens (including phenoxy) is 1. The molecule has 0 rings (SSSR count). The van der Waals surface area contributed by atoms with E-state index in [-0.39, 0.29) is 11.6 Å². The van der Waals surface area contributed by atoms with Crippen molar-refractivity contribution in [2.24, 2.45) is 5.92 Å². The minimum absolute atomic E-state index is 0.0758. The summed E-state index contributed by atoms with van der Waals surface area (Å²) in [6, 6.07) is 0. The Morgan fingerprint density at radius 3 is 2.23 bits per heavy atom. The van der Waals surface area contributed by atoms with E-state index in [1.165, 1.54) is 0 Å². The van der Waals surface area contributed by atoms with Crippen molar-refractivity contribution in [3.63, 3.8) is 0 Å². The van der Waals surface area contributed by atoms with Gasteiger partial charge in [0.25, 0.3) is 0 Å². The van der Waals surface area contributed by atoms with Crippen LogP contribution in [-0.2, 0) is 9.53 Å². The van der Waals surface area contributed by atoms with Gasteiger partial charge in [-0.05, 0) is 33.1 Å². The van der Waals surface area contributed by atoms with Crippen LogP contribution in [-0.4, -0.2) is 11.6 Å². The molecule has 0 atom stereocenters. The molecule has 0 spiro atoms. The van der Waals surface area contributed by atoms with Crippen LogP contribution >= 0.6 is 0 Å². The first-order chi connectivity index (χ1) is 5.81. The third kappa shape index (κ3) is 9.38. The fourth-order valence-electron chi connectivity index (χ4n) is 1.05. The van der Waals surface area contributed by atoms with Crippen LogP contribution in [0.5, 0.6) is 0 Å². The van der Waals surface area contributed by atoms with Crippen molar-refractivity contribution in [2.45, 2.75) is 59.5 Å². The third-order valence-corrected chi connectivity index (χ3v) is 1.58. The second-order valence-corrected chi connectivity index (χ2v) is 4.87. The fourth-order valence-corrected chi connectivity index (χ4v) is 1.05. The topological polar surface area (TPSA) is 26.3 Å². The average molecular weight is 186 g/mol. The van der Waals surface area contributed by atoms with E-state index >= 15 is 0 Å². The van der Waals surface area contributed by atoms with Gasteiger partial charge in [0.05, 0.1) is 0 Å². The van der Waals surface area contributed by atoms with Crippen molar-refractivity contribution in [3.8, 4) is 0 Å². The molecule has 2 nitrogen and oxygen atoms in total. The van der Waals surface area contributed by atoms with Crippen LogP contribution in [0.25, 0.3) is 0 Å². The Morgan fingerprint density at radius 2 is 1.85 bits per heavy atom. The van der Waals surface area contributed by atoms with Gasteiger partial charge in [-0.1, -0.05) is 20.3 Å². The maximum atomic E-state index is 11.2. The Kier molecular flexibility index (Phi) is 5.04. The maximum absolute atomic E-state index is 11.2. The van der Waals surface area contributed by atoms with Crippen LogP contribution in [0.4, 0.5) is 0 Å². The summed E-state index contributed by atoms with van der Waals surface area (Å²) in [7, 11) is 0. The molecule has 0 aliphatic carbocycles. The van der Waals surface area contributed by atoms with E-state index in [0.29, 0.717) is 12.3 Å². The van der Waals surface area contributed by atoms with E-state index in [4.69, 9.17) is 4.74 Å². The van der Waals surface area contributed by atoms with Crippen molar-refractivity contribution >= 4 is 5.97 Å². The normalized spacial score (nSPS) is 11.8. The van der Waals surface area contributed by atoms with Crippen molar-refractivity contribution in [3.05, 3.63) is 0 Å². The molecule has 0 saturated carbocycles. The molecule has 0 aliphatic rings. The smallest absolute Gasteiger partial charge is 0.306 e. The number of hydrogen-bond donors (Lipinski definition) is 0. The zero-order valence-corrected chi connectivity index (χ0v) is 9.52. The van der Waals surface area contributed by atoms with Gasteiger partial charge < -0.3 is 4.74 Å². The largest absolute Gasteiger partial charge is 0.460 e. The van der Waals surface area contributed by atoms with Crippen molar-refractivity contribution in [1.29, 1.82) is 0 Å². The molecule has 0 aromatic heterocycles. The Hall–Kier alpha value is -0.530. The van der Waals surface area contributed by atoms with E-state index in [1.54, 1.807) is 0 Å². The lowest BCUT2D eigenvalue weighted by molar-refractivity contribution is -0.154. The van der Waals surface area contributed by atoms with Gasteiger partial charge in [0, 0.05) is 6.42 Å². The summed E-state index contributed by atoms with van der Waals surface area (Å²) in [6.45, 7) is 10.0. The fraction of sp³-hybridized carbons (Fsp3) is 0.909. The molecule has 0 bridgehead atoms. The summed E-state index contributed by atoms with van der Waals surface area (Å²) in [6.07, 6.45) is 2.58. The Labute approximate surface area is 81.7 Å². The lowest BCUT2D eigenvalue weighted by atomic mass is 10.1. The SMILES string of the molecule is CC(C)CCCC(=O)OC(C)(C)C. The van der Waals surface area contributed by atoms with Crippen LogP contribution in [0.2, 0.25) is 0 Å². The quantitative estimate of drug-likeness (QED) is 0.630. The molecule has 0 amide bonds. The van der Waals surface area contributed by atoms with Gasteiger partial charge in [0.1, 0.15) is 5.60 Å². The van der Waals surface area contributed by atoms with Gasteiger partial charge in [-0.2, -0.15) is 0 Å². The molecular formula is C11H22O2. The van der Waals surface area contributed by atoms with Crippen LogP contribution in [0.15, 0.2) is 0 Å². The maximum Gasteiger partial charge on any atom is 0.306 e. The predicted molar refractivity (Wildman–Crippen MR) is 54.5 cm³/mol. The summed E-state index contributed by atoms with van der Waals surface area (Å²) < 4.78 is 5.18. The highest BCUT2D eigenvalue weighted by Crippen LogP contribution is 2.11. The van der Waals surface area contributed by atoms with Gasteiger partial charge in [-0.15, -0.1) is 0 Å². The van der Waals surface area contributed by atoms with Gasteiger partial charge in [-0.3, -0.25) is 4.79 Å². The first-order valence-corrected chi connectivity index (χ1v) is 5.03. The molecule has 0 saturated heterocycles. The second kappa shape index (κ2) is 5.25. The van der Waals surface area contributed by atoms with Crippen molar-refractivity contribution in [2.75, 3.05) is 0 Å². The summed E-state index contributed by atoms with van der Waals surface area (Å²) in [5.41, 5.74) is -0.338. The zero-order valence-electron chi connectivity index (χ0n) is 9.52. The van der Waals surface area contributed by atoms with Crippen molar-refractivity contribution < 1.29 is 9.53 Å². The molecule has 0 aromatic rings. The van der Waals surface area contributed by atoms with E-state index in [9.17, 15) is 4.79 Å². The molecule has 0 radical (unpaired) electrons. The standard InChI is InChI=1S/C11H22O2/c1-9(2)7-6-8-10(12)13-11(3,4)5/h9H,6-8H2,1-5H3. The van der Waals surface area contributed by atoms with E-state index in [2.05, 4.69) is 13.8 Å². The lowest BCUT2D eigenvalue weighted by Crippen LogP contribution is -2.23. The average Bonchev–Trinajstić information content (AvgIpc) is 1.81. The van der Waals surface area contributed by atoms with E-state index in [0.717, 1.165) is 12.8 Å². The summed E-state index contributed by atoms with van der Waals surface area (Å²) >= 11 is 0. The molecule has 0 aromatic carbocycles. The summed E-state index contributed by atoms with van der Waals surface area (Å²) in [5, 5.41) is 0. The van der Waals surface area contributed by atoms with Crippen LogP contribution < -0.4 is 0 Å². The van der Waals surface area contributed by atoms with Crippen LogP contribution in [0, 0.1) is 5.92 Å². The van der Waals surface area contributed by atoms with Crippen LogP contribution in [0.1, 0.15) is 53.9 Å². The molecule has 0 unspecified atom stereocenters. The molecule has 0 aliphatic heterocycles. The first-order valence-electron chi connectivity index (χ1n) is 5.03. The predicted octanol–water partition coefficient (Wildman–Crippen LogP) is 3.15. The Bertz CT molecular complexity index is 154. The minimum atomic E-state index is -0.338. The summed E-state index contributed by atoms with van der Waals surface area (Å²) in [4.78, 5) is 11.2. The summed E-state index contributed by atoms with van der Waals surface area (Å²) in [5.74, 6) is 0.593. The number of carbonyl (C=O) groups is 1. The van der Waals surface area contributed by atoms with E-state index < -0.39 is 0 Å². The van der Waals surface area contributed by atoms with Gasteiger partial charge in [0.15, 0.2) is 0 Å². The Morgan fingerprint density at radius 1 is 1.31 bits per heavy atom. The highest BCUT2D eigenvalue weighted by molar-refractivity contribution is 5.69. The monoisotopic (exact) mass is 186 g/mol. The highest BCUT2D eigenvalue weighted by atomic mass is 16.6. The first kappa shape index (κ1) is 12.5. The van der Waals surface area contributed by atoms with Gasteiger partial charge in [-0.25, -0.2) is 0 Å². The van der Waals surface area contributed by atoms with Crippen LogP contribution in [0.3, 0.4) is 0 Å². The van der Waals surface area contributed by atoms with Gasteiger partial charge in [0.2, 0.25) is 0 Å². The Balaban J connectivity index is 3.53. The minimum Gasteiger partial charge on any atom is -0.460 e. The molecule has 78 valence electrons. The second-order valence-electron chi connectivity index (χ2n) is 4.87. The number of hydrogen-bond acceptors (Lipinski definition) is 2. The van der Waals surface area contributed by atoms with Gasteiger partial charge >= 0.3 is 5.97 Å². The zero-order chi connectivity index (χ0) is 10.5. The molecule has 0 N–H and O–H groups in total. The van der Waals surface area contributed by atoms with Crippen molar-refractivity contribution in [1.82, 2.24) is 0 Å². The third-order valence-electron chi connectivity index (χ3n) is 1.58. The highest BCUT2D eigenvalue weighted by Gasteiger charge is 2.15. The number of esters is 1. The molecule has 0 fully saturated rings. The van der Waals surface area contributed by atoms with E-state index in [1.807, 2.05) is 20.8 Å².